The lowest BCUT2D eigenvalue weighted by Gasteiger charge is -2.08. The SMILES string of the molecule is Cc1nc(=S)[nH]c(C)c1CCC(=O)[O-]. The first-order chi connectivity index (χ1) is 6.50. The van der Waals surface area contributed by atoms with E-state index in [4.69, 9.17) is 12.2 Å². The average Bonchev–Trinajstić information content (AvgIpc) is 2.01. The van der Waals surface area contributed by atoms with Gasteiger partial charge < -0.3 is 14.9 Å². The number of aromatic nitrogens is 2. The van der Waals surface area contributed by atoms with Crippen molar-refractivity contribution in [1.29, 1.82) is 0 Å². The second-order valence-corrected chi connectivity index (χ2v) is 3.49. The normalized spacial score (nSPS) is 10.1. The van der Waals surface area contributed by atoms with Gasteiger partial charge in [0.2, 0.25) is 0 Å². The molecule has 0 aliphatic carbocycles. The lowest BCUT2D eigenvalue weighted by molar-refractivity contribution is -0.305. The van der Waals surface area contributed by atoms with Gasteiger partial charge in [0.1, 0.15) is 0 Å². The summed E-state index contributed by atoms with van der Waals surface area (Å²) >= 11 is 4.89. The van der Waals surface area contributed by atoms with Crippen LogP contribution in [-0.4, -0.2) is 15.9 Å². The van der Waals surface area contributed by atoms with E-state index in [9.17, 15) is 9.90 Å². The summed E-state index contributed by atoms with van der Waals surface area (Å²) in [6.45, 7) is 3.68. The highest BCUT2D eigenvalue weighted by atomic mass is 32.1. The number of carboxylic acids is 1. The van der Waals surface area contributed by atoms with Crippen LogP contribution in [0.3, 0.4) is 0 Å². The first kappa shape index (κ1) is 10.8. The monoisotopic (exact) mass is 211 g/mol. The molecule has 1 rings (SSSR count). The van der Waals surface area contributed by atoms with Crippen molar-refractivity contribution in [2.45, 2.75) is 26.7 Å². The molecule has 0 atom stereocenters. The Kier molecular flexibility index (Phi) is 3.35. The number of carbonyl (C=O) groups is 1. The van der Waals surface area contributed by atoms with Crippen LogP contribution in [0.2, 0.25) is 0 Å². The zero-order chi connectivity index (χ0) is 10.7. The van der Waals surface area contributed by atoms with Gasteiger partial charge in [-0.1, -0.05) is 0 Å². The first-order valence-electron chi connectivity index (χ1n) is 4.27. The van der Waals surface area contributed by atoms with E-state index in [0.717, 1.165) is 17.0 Å². The van der Waals surface area contributed by atoms with Crippen molar-refractivity contribution in [2.75, 3.05) is 0 Å². The summed E-state index contributed by atoms with van der Waals surface area (Å²) in [5.74, 6) is -1.05. The predicted octanol–water partition coefficient (Wildman–Crippen LogP) is 0.439. The third kappa shape index (κ3) is 2.63. The van der Waals surface area contributed by atoms with E-state index < -0.39 is 5.97 Å². The molecule has 76 valence electrons. The van der Waals surface area contributed by atoms with Gasteiger partial charge in [-0.05, 0) is 44.5 Å². The number of aryl methyl sites for hydroxylation is 2. The Morgan fingerprint density at radius 1 is 1.57 bits per heavy atom. The molecule has 0 fully saturated rings. The quantitative estimate of drug-likeness (QED) is 0.736. The molecule has 0 saturated heterocycles. The molecule has 0 unspecified atom stereocenters. The second-order valence-electron chi connectivity index (χ2n) is 3.10. The molecule has 0 aliphatic rings. The number of carbonyl (C=O) groups excluding carboxylic acids is 1. The van der Waals surface area contributed by atoms with E-state index in [1.165, 1.54) is 0 Å². The highest BCUT2D eigenvalue weighted by molar-refractivity contribution is 7.71. The molecule has 1 N–H and O–H groups in total. The average molecular weight is 211 g/mol. The third-order valence-electron chi connectivity index (χ3n) is 2.03. The molecule has 0 amide bonds. The van der Waals surface area contributed by atoms with Gasteiger partial charge in [-0.3, -0.25) is 0 Å². The van der Waals surface area contributed by atoms with Gasteiger partial charge in [-0.2, -0.15) is 0 Å². The molecule has 5 heteroatoms. The summed E-state index contributed by atoms with van der Waals surface area (Å²) in [6, 6.07) is 0. The molecule has 0 saturated carbocycles. The molecular formula is C9H11N2O2S-. The number of rotatable bonds is 3. The van der Waals surface area contributed by atoms with Crippen molar-refractivity contribution in [3.63, 3.8) is 0 Å². The van der Waals surface area contributed by atoms with Gasteiger partial charge in [0.25, 0.3) is 0 Å². The van der Waals surface area contributed by atoms with Crippen LogP contribution in [0, 0.1) is 18.6 Å². The minimum absolute atomic E-state index is 0.00791. The van der Waals surface area contributed by atoms with E-state index in [1.807, 2.05) is 13.8 Å². The van der Waals surface area contributed by atoms with E-state index in [0.29, 0.717) is 11.2 Å². The fraction of sp³-hybridized carbons (Fsp3) is 0.444. The van der Waals surface area contributed by atoms with Crippen LogP contribution in [0.4, 0.5) is 0 Å². The number of carboxylic acid groups (broad SMARTS) is 1. The topological polar surface area (TPSA) is 68.8 Å². The van der Waals surface area contributed by atoms with Crippen LogP contribution in [0.5, 0.6) is 0 Å². The van der Waals surface area contributed by atoms with Crippen LogP contribution in [0.15, 0.2) is 0 Å². The van der Waals surface area contributed by atoms with Gasteiger partial charge in [-0.15, -0.1) is 0 Å². The van der Waals surface area contributed by atoms with Crippen molar-refractivity contribution in [3.05, 3.63) is 21.7 Å². The van der Waals surface area contributed by atoms with E-state index >= 15 is 0 Å². The lowest BCUT2D eigenvalue weighted by Crippen LogP contribution is -2.22. The van der Waals surface area contributed by atoms with Crippen LogP contribution < -0.4 is 5.11 Å². The summed E-state index contributed by atoms with van der Waals surface area (Å²) in [4.78, 5) is 17.3. The van der Waals surface area contributed by atoms with Gasteiger partial charge in [0.05, 0.1) is 0 Å². The van der Waals surface area contributed by atoms with Crippen molar-refractivity contribution >= 4 is 18.2 Å². The minimum Gasteiger partial charge on any atom is -0.550 e. The minimum atomic E-state index is -1.05. The van der Waals surface area contributed by atoms with E-state index in [2.05, 4.69) is 9.97 Å². The number of nitrogens with zero attached hydrogens (tertiary/aromatic N) is 1. The second kappa shape index (κ2) is 4.32. The summed E-state index contributed by atoms with van der Waals surface area (Å²) in [5.41, 5.74) is 2.57. The summed E-state index contributed by atoms with van der Waals surface area (Å²) in [6.07, 6.45) is 0.438. The summed E-state index contributed by atoms with van der Waals surface area (Å²) in [5, 5.41) is 10.3. The van der Waals surface area contributed by atoms with Gasteiger partial charge >= 0.3 is 0 Å². The highest BCUT2D eigenvalue weighted by Gasteiger charge is 2.04. The fourth-order valence-corrected chi connectivity index (χ4v) is 1.64. The molecule has 1 aromatic rings. The van der Waals surface area contributed by atoms with Crippen molar-refractivity contribution in [1.82, 2.24) is 9.97 Å². The number of aromatic amines is 1. The Morgan fingerprint density at radius 3 is 2.71 bits per heavy atom. The van der Waals surface area contributed by atoms with Gasteiger partial charge in [0, 0.05) is 17.4 Å². The number of hydrogen-bond donors (Lipinski definition) is 1. The Balaban J connectivity index is 2.97. The molecular weight excluding hydrogens is 200 g/mol. The maximum atomic E-state index is 10.3. The number of aliphatic carboxylic acids is 1. The maximum Gasteiger partial charge on any atom is 0.197 e. The van der Waals surface area contributed by atoms with Crippen molar-refractivity contribution in [2.24, 2.45) is 0 Å². The Hall–Kier alpha value is -1.23. The zero-order valence-corrected chi connectivity index (χ0v) is 8.90. The number of hydrogen-bond acceptors (Lipinski definition) is 4. The van der Waals surface area contributed by atoms with Crippen LogP contribution in [0.25, 0.3) is 0 Å². The van der Waals surface area contributed by atoms with Crippen molar-refractivity contribution in [3.8, 4) is 0 Å². The Morgan fingerprint density at radius 2 is 2.21 bits per heavy atom. The zero-order valence-electron chi connectivity index (χ0n) is 8.09. The Bertz CT molecular complexity index is 386. The van der Waals surface area contributed by atoms with E-state index in [1.54, 1.807) is 0 Å². The highest BCUT2D eigenvalue weighted by Crippen LogP contribution is 2.10. The van der Waals surface area contributed by atoms with Crippen molar-refractivity contribution < 1.29 is 9.90 Å². The summed E-state index contributed by atoms with van der Waals surface area (Å²) < 4.78 is 0.428. The standard InChI is InChI=1S/C9H12N2O2S/c1-5-7(3-4-8(12)13)6(2)11-9(14)10-5/h3-4H2,1-2H3,(H,12,13)(H,10,11,14)/p-1. The molecule has 0 bridgehead atoms. The molecule has 4 nitrogen and oxygen atoms in total. The lowest BCUT2D eigenvalue weighted by atomic mass is 10.1. The van der Waals surface area contributed by atoms with Gasteiger partial charge in [0.15, 0.2) is 4.77 Å². The third-order valence-corrected chi connectivity index (χ3v) is 2.23. The molecule has 1 heterocycles. The molecule has 14 heavy (non-hydrogen) atoms. The van der Waals surface area contributed by atoms with E-state index in [-0.39, 0.29) is 6.42 Å². The maximum absolute atomic E-state index is 10.3. The Labute approximate surface area is 87.0 Å². The number of nitrogens with one attached hydrogen (secondary N) is 1. The first-order valence-corrected chi connectivity index (χ1v) is 4.67. The predicted molar refractivity (Wildman–Crippen MR) is 52.2 cm³/mol. The fourth-order valence-electron chi connectivity index (χ4n) is 1.35. The largest absolute Gasteiger partial charge is 0.550 e. The molecule has 1 aromatic heterocycles. The molecule has 0 radical (unpaired) electrons. The number of H-pyrrole nitrogens is 1. The molecule has 0 aromatic carbocycles. The summed E-state index contributed by atoms with van der Waals surface area (Å²) in [7, 11) is 0. The van der Waals surface area contributed by atoms with Crippen LogP contribution in [-0.2, 0) is 11.2 Å². The smallest absolute Gasteiger partial charge is 0.197 e. The van der Waals surface area contributed by atoms with Crippen LogP contribution in [0.1, 0.15) is 23.4 Å². The van der Waals surface area contributed by atoms with Gasteiger partial charge in [-0.25, -0.2) is 4.98 Å². The van der Waals surface area contributed by atoms with Crippen LogP contribution >= 0.6 is 12.2 Å². The molecule has 0 spiro atoms. The molecule has 0 aliphatic heterocycles.